The maximum atomic E-state index is 14.9. The summed E-state index contributed by atoms with van der Waals surface area (Å²) in [4.78, 5) is 20.1. The van der Waals surface area contributed by atoms with Crippen LogP contribution in [0.5, 0.6) is 5.75 Å². The van der Waals surface area contributed by atoms with Gasteiger partial charge >= 0.3 is 0 Å². The number of benzene rings is 5. The molecule has 6 aromatic rings. The Labute approximate surface area is 242 Å². The van der Waals surface area contributed by atoms with Crippen LogP contribution in [0.1, 0.15) is 22.1 Å². The van der Waals surface area contributed by atoms with Crippen molar-refractivity contribution in [1.29, 1.82) is 0 Å². The quantitative estimate of drug-likeness (QED) is 0.220. The first kappa shape index (κ1) is 25.5. The third-order valence-electron chi connectivity index (χ3n) is 7.51. The topological polar surface area (TPSA) is 59.4 Å². The number of nitrogens with zero attached hydrogens (tertiary/aromatic N) is 3. The van der Waals surface area contributed by atoms with Crippen LogP contribution in [0.3, 0.4) is 0 Å². The van der Waals surface area contributed by atoms with Gasteiger partial charge in [-0.05, 0) is 54.6 Å². The van der Waals surface area contributed by atoms with Crippen molar-refractivity contribution in [3.8, 4) is 17.1 Å². The lowest BCUT2D eigenvalue weighted by Crippen LogP contribution is -2.43. The monoisotopic (exact) mass is 554 g/mol. The lowest BCUT2D eigenvalue weighted by molar-refractivity contribution is 0.0974. The third-order valence-corrected chi connectivity index (χ3v) is 7.51. The highest BCUT2D eigenvalue weighted by atomic mass is 19.1. The molecule has 5 aromatic carbocycles. The van der Waals surface area contributed by atoms with Crippen LogP contribution in [0.2, 0.25) is 0 Å². The van der Waals surface area contributed by atoms with E-state index in [2.05, 4.69) is 28.1 Å². The van der Waals surface area contributed by atoms with E-state index in [0.717, 1.165) is 22.4 Å². The minimum Gasteiger partial charge on any atom is -0.492 e. The van der Waals surface area contributed by atoms with Crippen molar-refractivity contribution < 1.29 is 13.9 Å². The molecular formula is C35H27FN4O2. The molecule has 7 rings (SSSR count). The lowest BCUT2D eigenvalue weighted by atomic mass is 10.0. The van der Waals surface area contributed by atoms with E-state index in [-0.39, 0.29) is 11.7 Å². The van der Waals surface area contributed by atoms with Crippen LogP contribution in [0.25, 0.3) is 22.4 Å². The van der Waals surface area contributed by atoms with Crippen LogP contribution in [-0.2, 0) is 6.54 Å². The van der Waals surface area contributed by atoms with Gasteiger partial charge in [0, 0.05) is 22.5 Å². The molecule has 6 nitrogen and oxygen atoms in total. The van der Waals surface area contributed by atoms with Gasteiger partial charge in [0.2, 0.25) is 0 Å². The summed E-state index contributed by atoms with van der Waals surface area (Å²) in [5.74, 6) is 0.983. The van der Waals surface area contributed by atoms with Gasteiger partial charge in [-0.2, -0.15) is 0 Å². The Hall–Kier alpha value is -5.43. The zero-order valence-electron chi connectivity index (χ0n) is 22.7. The predicted octanol–water partition coefficient (Wildman–Crippen LogP) is 7.69. The van der Waals surface area contributed by atoms with E-state index >= 15 is 0 Å². The average Bonchev–Trinajstić information content (AvgIpc) is 3.41. The number of rotatable bonds is 7. The second-order valence-corrected chi connectivity index (χ2v) is 10.1. The first-order valence-corrected chi connectivity index (χ1v) is 13.8. The number of nitrogens with one attached hydrogen (secondary N) is 1. The maximum Gasteiger partial charge on any atom is 0.262 e. The summed E-state index contributed by atoms with van der Waals surface area (Å²) >= 11 is 0. The Bertz CT molecular complexity index is 1890. The Morgan fingerprint density at radius 2 is 1.50 bits per heavy atom. The third kappa shape index (κ3) is 4.65. The number of aromatic nitrogens is 2. The van der Waals surface area contributed by atoms with Gasteiger partial charge in [-0.15, -0.1) is 0 Å². The summed E-state index contributed by atoms with van der Waals surface area (Å²) in [5.41, 5.74) is 5.26. The van der Waals surface area contributed by atoms with Crippen LogP contribution in [0, 0.1) is 5.82 Å². The summed E-state index contributed by atoms with van der Waals surface area (Å²) in [6, 6.07) is 39.4. The van der Waals surface area contributed by atoms with Crippen molar-refractivity contribution in [2.24, 2.45) is 0 Å². The molecule has 1 aliphatic heterocycles. The predicted molar refractivity (Wildman–Crippen MR) is 163 cm³/mol. The van der Waals surface area contributed by atoms with Gasteiger partial charge in [0.1, 0.15) is 30.2 Å². The Morgan fingerprint density at radius 3 is 2.33 bits per heavy atom. The van der Waals surface area contributed by atoms with E-state index in [1.54, 1.807) is 29.2 Å². The number of fused-ring (bicyclic) bond motifs is 2. The molecule has 0 aliphatic carbocycles. The van der Waals surface area contributed by atoms with Crippen LogP contribution in [-0.4, -0.2) is 22.1 Å². The fourth-order valence-electron chi connectivity index (χ4n) is 5.50. The summed E-state index contributed by atoms with van der Waals surface area (Å²) < 4.78 is 23.2. The summed E-state index contributed by atoms with van der Waals surface area (Å²) in [6.07, 6.45) is -0.703. The first-order valence-electron chi connectivity index (χ1n) is 13.8. The molecule has 0 fully saturated rings. The van der Waals surface area contributed by atoms with Gasteiger partial charge in [0.05, 0.1) is 23.1 Å². The van der Waals surface area contributed by atoms with Crippen LogP contribution < -0.4 is 15.0 Å². The van der Waals surface area contributed by atoms with E-state index in [4.69, 9.17) is 9.72 Å². The van der Waals surface area contributed by atoms with Gasteiger partial charge < -0.3 is 14.6 Å². The standard InChI is InChI=1S/C35H27FN4O2/c36-29-14-6-4-12-27(29)34-37-30-15-7-5-13-28(30)35(41)40(34)25-18-20-26(21-19-25)42-23-22-39-32-17-9-8-16-31(32)38-33(39)24-10-2-1-3-11-24/h1-21,34,37H,22-23H2. The van der Waals surface area contributed by atoms with Gasteiger partial charge in [-0.25, -0.2) is 9.37 Å². The number of anilines is 2. The summed E-state index contributed by atoms with van der Waals surface area (Å²) in [6.45, 7) is 1.03. The summed E-state index contributed by atoms with van der Waals surface area (Å²) in [5, 5.41) is 3.36. The van der Waals surface area contributed by atoms with E-state index in [1.807, 2.05) is 78.9 Å². The SMILES string of the molecule is O=C1c2ccccc2NC(c2ccccc2F)N1c1ccc(OCCn2c(-c3ccccc3)nc3ccccc32)cc1. The molecule has 1 unspecified atom stereocenters. The van der Waals surface area contributed by atoms with Crippen molar-refractivity contribution in [3.63, 3.8) is 0 Å². The fraction of sp³-hybridized carbons (Fsp3) is 0.0857. The second-order valence-electron chi connectivity index (χ2n) is 10.1. The van der Waals surface area contributed by atoms with E-state index in [1.165, 1.54) is 6.07 Å². The Kier molecular flexibility index (Phi) is 6.60. The molecule has 1 N–H and O–H groups in total. The molecule has 206 valence electrons. The first-order chi connectivity index (χ1) is 20.7. The highest BCUT2D eigenvalue weighted by molar-refractivity contribution is 6.12. The van der Waals surface area contributed by atoms with Crippen molar-refractivity contribution in [3.05, 3.63) is 144 Å². The minimum absolute atomic E-state index is 0.202. The largest absolute Gasteiger partial charge is 0.492 e. The van der Waals surface area contributed by atoms with Gasteiger partial charge in [0.25, 0.3) is 5.91 Å². The zero-order valence-corrected chi connectivity index (χ0v) is 22.7. The van der Waals surface area contributed by atoms with Gasteiger partial charge in [-0.3, -0.25) is 9.69 Å². The maximum absolute atomic E-state index is 14.9. The average molecular weight is 555 g/mol. The van der Waals surface area contributed by atoms with Gasteiger partial charge in [0.15, 0.2) is 0 Å². The van der Waals surface area contributed by atoms with Crippen molar-refractivity contribution in [1.82, 2.24) is 9.55 Å². The molecular weight excluding hydrogens is 527 g/mol. The smallest absolute Gasteiger partial charge is 0.262 e. The normalized spacial score (nSPS) is 14.5. The molecule has 0 spiro atoms. The molecule has 42 heavy (non-hydrogen) atoms. The second kappa shape index (κ2) is 10.9. The number of halogens is 1. The number of ether oxygens (including phenoxy) is 1. The number of imidazole rings is 1. The molecule has 1 aliphatic rings. The molecule has 7 heteroatoms. The number of amides is 1. The summed E-state index contributed by atoms with van der Waals surface area (Å²) in [7, 11) is 0. The molecule has 0 bridgehead atoms. The highest BCUT2D eigenvalue weighted by Crippen LogP contribution is 2.38. The lowest BCUT2D eigenvalue weighted by Gasteiger charge is -2.38. The fourth-order valence-corrected chi connectivity index (χ4v) is 5.50. The molecule has 1 atom stereocenters. The Balaban J connectivity index is 1.13. The van der Waals surface area contributed by atoms with Gasteiger partial charge in [-0.1, -0.05) is 72.8 Å². The Morgan fingerprint density at radius 1 is 0.786 bits per heavy atom. The number of carbonyl (C=O) groups excluding carboxylic acids is 1. The van der Waals surface area contributed by atoms with E-state index < -0.39 is 6.17 Å². The van der Waals surface area contributed by atoms with Crippen molar-refractivity contribution >= 4 is 28.3 Å². The molecule has 1 aromatic heterocycles. The number of carbonyl (C=O) groups is 1. The molecule has 2 heterocycles. The zero-order chi connectivity index (χ0) is 28.5. The van der Waals surface area contributed by atoms with Crippen LogP contribution in [0.4, 0.5) is 15.8 Å². The highest BCUT2D eigenvalue weighted by Gasteiger charge is 2.35. The molecule has 0 radical (unpaired) electrons. The molecule has 1 amide bonds. The number of para-hydroxylation sites is 3. The number of hydrogen-bond donors (Lipinski definition) is 1. The molecule has 0 saturated carbocycles. The number of hydrogen-bond acceptors (Lipinski definition) is 4. The minimum atomic E-state index is -0.703. The van der Waals surface area contributed by atoms with E-state index in [0.29, 0.717) is 41.4 Å². The van der Waals surface area contributed by atoms with E-state index in [9.17, 15) is 9.18 Å². The van der Waals surface area contributed by atoms with Crippen LogP contribution in [0.15, 0.2) is 127 Å². The molecule has 0 saturated heterocycles. The van der Waals surface area contributed by atoms with Crippen molar-refractivity contribution in [2.45, 2.75) is 12.7 Å². The van der Waals surface area contributed by atoms with Crippen molar-refractivity contribution in [2.75, 3.05) is 16.8 Å². The van der Waals surface area contributed by atoms with Crippen LogP contribution >= 0.6 is 0 Å².